The van der Waals surface area contributed by atoms with Gasteiger partial charge in [0.05, 0.1) is 12.0 Å². The lowest BCUT2D eigenvalue weighted by Crippen LogP contribution is -2.29. The number of aliphatic carboxylic acids is 1. The van der Waals surface area contributed by atoms with E-state index in [-0.39, 0.29) is 0 Å². The molecule has 3 aromatic rings. The third kappa shape index (κ3) is 2.33. The van der Waals surface area contributed by atoms with Gasteiger partial charge in [0.1, 0.15) is 16.9 Å². The van der Waals surface area contributed by atoms with Crippen molar-refractivity contribution in [1.29, 1.82) is 0 Å². The zero-order chi connectivity index (χ0) is 14.9. The predicted octanol–water partition coefficient (Wildman–Crippen LogP) is 1.84. The molecule has 3 heterocycles. The van der Waals surface area contributed by atoms with Crippen LogP contribution in [-0.2, 0) is 9.54 Å². The molecular formula is C13H11N5O2S. The Morgan fingerprint density at radius 3 is 2.86 bits per heavy atom. The van der Waals surface area contributed by atoms with Gasteiger partial charge in [-0.05, 0) is 19.1 Å². The monoisotopic (exact) mass is 301 g/mol. The van der Waals surface area contributed by atoms with Crippen LogP contribution in [0.2, 0.25) is 0 Å². The molecule has 0 spiro atoms. The highest BCUT2D eigenvalue weighted by molar-refractivity contribution is 8.01. The number of hydrogen-bond donors (Lipinski definition) is 2. The molecule has 21 heavy (non-hydrogen) atoms. The molecule has 0 aliphatic carbocycles. The number of aromatic amines is 1. The maximum Gasteiger partial charge on any atom is 0.326 e. The lowest BCUT2D eigenvalue weighted by Gasteiger charge is -2.22. The van der Waals surface area contributed by atoms with Crippen LogP contribution in [0, 0.1) is 0 Å². The van der Waals surface area contributed by atoms with Crippen LogP contribution in [0.15, 0.2) is 42.1 Å². The highest BCUT2D eigenvalue weighted by atomic mass is 32.2. The van der Waals surface area contributed by atoms with Gasteiger partial charge in [-0.1, -0.05) is 17.8 Å². The number of hydrogen-bond acceptors (Lipinski definition) is 6. The molecule has 1 atom stereocenters. The number of thioether (sulfide) groups is 1. The molecule has 0 aromatic carbocycles. The van der Waals surface area contributed by atoms with Crippen LogP contribution in [0.3, 0.4) is 0 Å². The Kier molecular flexibility index (Phi) is 3.30. The van der Waals surface area contributed by atoms with Gasteiger partial charge in [-0.25, -0.2) is 15.0 Å². The molecule has 2 N–H and O–H groups in total. The fourth-order valence-corrected chi connectivity index (χ4v) is 2.92. The average Bonchev–Trinajstić information content (AvgIpc) is 2.97. The Balaban J connectivity index is 2.08. The molecule has 0 amide bonds. The fourth-order valence-electron chi connectivity index (χ4n) is 1.86. The number of imidazole rings is 1. The van der Waals surface area contributed by atoms with Crippen molar-refractivity contribution in [3.05, 3.63) is 42.7 Å². The van der Waals surface area contributed by atoms with Gasteiger partial charge in [0.2, 0.25) is 0 Å². The quantitative estimate of drug-likeness (QED) is 0.559. The summed E-state index contributed by atoms with van der Waals surface area (Å²) in [6.07, 6.45) is 4.44. The second-order valence-corrected chi connectivity index (χ2v) is 5.84. The zero-order valence-electron chi connectivity index (χ0n) is 11.0. The van der Waals surface area contributed by atoms with Crippen molar-refractivity contribution in [3.63, 3.8) is 0 Å². The Bertz CT molecular complexity index is 791. The van der Waals surface area contributed by atoms with E-state index < -0.39 is 10.7 Å². The number of carboxylic acids is 1. The van der Waals surface area contributed by atoms with Crippen molar-refractivity contribution in [1.82, 2.24) is 24.9 Å². The molecule has 8 heteroatoms. The molecule has 0 aliphatic rings. The Morgan fingerprint density at radius 1 is 1.29 bits per heavy atom. The summed E-state index contributed by atoms with van der Waals surface area (Å²) in [5.74, 6) is -0.988. The van der Waals surface area contributed by atoms with Crippen molar-refractivity contribution in [2.75, 3.05) is 0 Å². The summed E-state index contributed by atoms with van der Waals surface area (Å²) in [5.41, 5.74) is 1.57. The predicted molar refractivity (Wildman–Crippen MR) is 76.8 cm³/mol. The number of H-pyrrole nitrogens is 1. The first-order chi connectivity index (χ1) is 10.1. The molecule has 0 bridgehead atoms. The Hall–Kier alpha value is -2.48. The van der Waals surface area contributed by atoms with Crippen molar-refractivity contribution >= 4 is 28.9 Å². The van der Waals surface area contributed by atoms with Gasteiger partial charge in [-0.15, -0.1) is 0 Å². The zero-order valence-corrected chi connectivity index (χ0v) is 11.8. The van der Waals surface area contributed by atoms with Crippen molar-refractivity contribution in [2.45, 2.75) is 16.7 Å². The smallest absolute Gasteiger partial charge is 0.326 e. The van der Waals surface area contributed by atoms with Gasteiger partial charge in [0.15, 0.2) is 10.4 Å². The number of aromatic nitrogens is 5. The number of nitrogens with zero attached hydrogens (tertiary/aromatic N) is 4. The van der Waals surface area contributed by atoms with Crippen LogP contribution in [0.1, 0.15) is 12.6 Å². The van der Waals surface area contributed by atoms with Gasteiger partial charge in [-0.3, -0.25) is 9.78 Å². The van der Waals surface area contributed by atoms with Gasteiger partial charge < -0.3 is 10.1 Å². The molecule has 7 nitrogen and oxygen atoms in total. The number of fused-ring (bicyclic) bond motifs is 1. The summed E-state index contributed by atoms with van der Waals surface area (Å²) in [7, 11) is 0. The van der Waals surface area contributed by atoms with E-state index in [9.17, 15) is 9.90 Å². The van der Waals surface area contributed by atoms with Gasteiger partial charge in [0.25, 0.3) is 0 Å². The van der Waals surface area contributed by atoms with E-state index in [4.69, 9.17) is 0 Å². The summed E-state index contributed by atoms with van der Waals surface area (Å²) in [4.78, 5) is 31.1. The first kappa shape index (κ1) is 13.5. The summed E-state index contributed by atoms with van der Waals surface area (Å²) in [5, 5.41) is 10.2. The average molecular weight is 301 g/mol. The summed E-state index contributed by atoms with van der Waals surface area (Å²) in [6.45, 7) is 1.60. The normalized spacial score (nSPS) is 14.0. The molecule has 3 rings (SSSR count). The van der Waals surface area contributed by atoms with E-state index in [1.807, 2.05) is 0 Å². The molecule has 0 fully saturated rings. The van der Waals surface area contributed by atoms with Crippen LogP contribution in [0.25, 0.3) is 11.2 Å². The SMILES string of the molecule is CC(Sc1ncnc2nc[nH]c12)(C(=O)O)c1ccccn1. The van der Waals surface area contributed by atoms with Crippen LogP contribution in [0.4, 0.5) is 0 Å². The van der Waals surface area contributed by atoms with E-state index in [0.29, 0.717) is 21.9 Å². The molecule has 0 saturated carbocycles. The number of carboxylic acid groups (broad SMARTS) is 1. The maximum absolute atomic E-state index is 11.8. The van der Waals surface area contributed by atoms with E-state index in [2.05, 4.69) is 24.9 Å². The lowest BCUT2D eigenvalue weighted by atomic mass is 10.1. The third-order valence-electron chi connectivity index (χ3n) is 3.05. The van der Waals surface area contributed by atoms with Gasteiger partial charge in [-0.2, -0.15) is 0 Å². The topological polar surface area (TPSA) is 105 Å². The van der Waals surface area contributed by atoms with Gasteiger partial charge in [0, 0.05) is 6.20 Å². The lowest BCUT2D eigenvalue weighted by molar-refractivity contribution is -0.139. The molecule has 0 radical (unpaired) electrons. The van der Waals surface area contributed by atoms with E-state index in [0.717, 1.165) is 11.8 Å². The van der Waals surface area contributed by atoms with Gasteiger partial charge >= 0.3 is 5.97 Å². The molecule has 3 aromatic heterocycles. The van der Waals surface area contributed by atoms with Crippen LogP contribution in [-0.4, -0.2) is 36.0 Å². The largest absolute Gasteiger partial charge is 0.480 e. The highest BCUT2D eigenvalue weighted by Crippen LogP contribution is 2.41. The second kappa shape index (κ2) is 5.13. The van der Waals surface area contributed by atoms with E-state index in [1.165, 1.54) is 12.7 Å². The van der Waals surface area contributed by atoms with Crippen molar-refractivity contribution in [2.24, 2.45) is 0 Å². The Labute approximate surface area is 123 Å². The molecule has 106 valence electrons. The van der Waals surface area contributed by atoms with Crippen LogP contribution in [0.5, 0.6) is 0 Å². The molecule has 0 saturated heterocycles. The number of nitrogens with one attached hydrogen (secondary N) is 1. The third-order valence-corrected chi connectivity index (χ3v) is 4.35. The van der Waals surface area contributed by atoms with Crippen molar-refractivity contribution < 1.29 is 9.90 Å². The first-order valence-electron chi connectivity index (χ1n) is 6.09. The maximum atomic E-state index is 11.8. The minimum absolute atomic E-state index is 0.453. The minimum atomic E-state index is -1.26. The summed E-state index contributed by atoms with van der Waals surface area (Å²) < 4.78 is -1.26. The summed E-state index contributed by atoms with van der Waals surface area (Å²) in [6, 6.07) is 5.19. The molecule has 1 unspecified atom stereocenters. The molecule has 0 aliphatic heterocycles. The van der Waals surface area contributed by atoms with Crippen LogP contribution >= 0.6 is 11.8 Å². The highest BCUT2D eigenvalue weighted by Gasteiger charge is 2.39. The number of rotatable bonds is 4. The second-order valence-electron chi connectivity index (χ2n) is 4.44. The fraction of sp³-hybridized carbons (Fsp3) is 0.154. The number of pyridine rings is 1. The summed E-state index contributed by atoms with van der Waals surface area (Å²) >= 11 is 1.10. The van der Waals surface area contributed by atoms with E-state index >= 15 is 0 Å². The Morgan fingerprint density at radius 2 is 2.14 bits per heavy atom. The first-order valence-corrected chi connectivity index (χ1v) is 6.91. The van der Waals surface area contributed by atoms with Crippen molar-refractivity contribution in [3.8, 4) is 0 Å². The van der Waals surface area contributed by atoms with Crippen LogP contribution < -0.4 is 0 Å². The minimum Gasteiger partial charge on any atom is -0.480 e. The molecular weight excluding hydrogens is 290 g/mol. The van der Waals surface area contributed by atoms with E-state index in [1.54, 1.807) is 31.3 Å². The standard InChI is InChI=1S/C13H11N5O2S/c1-13(12(19)20,8-4-2-3-5-14-8)21-11-9-10(16-6-15-9)17-7-18-11/h2-7H,1H3,(H,19,20)(H,15,16,17,18). The number of carbonyl (C=O) groups is 1.